The molecule has 1 rings (SSSR count). The van der Waals surface area contributed by atoms with E-state index in [2.05, 4.69) is 15.9 Å². The second-order valence-corrected chi connectivity index (χ2v) is 5.11. The van der Waals surface area contributed by atoms with Gasteiger partial charge in [-0.15, -0.1) is 0 Å². The van der Waals surface area contributed by atoms with Crippen molar-refractivity contribution in [2.24, 2.45) is 5.73 Å². The van der Waals surface area contributed by atoms with Gasteiger partial charge in [0.05, 0.1) is 6.61 Å². The lowest BCUT2D eigenvalue weighted by Crippen LogP contribution is -2.38. The van der Waals surface area contributed by atoms with Crippen LogP contribution in [0.4, 0.5) is 4.39 Å². The minimum atomic E-state index is -0.243. The average Bonchev–Trinajstić information content (AvgIpc) is 2.30. The van der Waals surface area contributed by atoms with Gasteiger partial charge < -0.3 is 15.7 Å². The molecule has 0 aliphatic carbocycles. The van der Waals surface area contributed by atoms with Crippen LogP contribution in [0.3, 0.4) is 0 Å². The number of likely N-dealkylation sites (N-methyl/N-ethyl adjacent to an activating group) is 1. The Morgan fingerprint density at radius 3 is 2.88 bits per heavy atom. The molecule has 0 bridgehead atoms. The number of hydrogen-bond donors (Lipinski definition) is 2. The molecule has 0 amide bonds. The molecule has 96 valence electrons. The Labute approximate surface area is 110 Å². The number of rotatable bonds is 6. The third kappa shape index (κ3) is 5.12. The van der Waals surface area contributed by atoms with E-state index in [-0.39, 0.29) is 18.5 Å². The number of benzene rings is 1. The van der Waals surface area contributed by atoms with Crippen LogP contribution < -0.4 is 5.73 Å². The van der Waals surface area contributed by atoms with Crippen molar-refractivity contribution in [2.45, 2.75) is 12.5 Å². The van der Waals surface area contributed by atoms with E-state index in [0.717, 1.165) is 4.47 Å². The smallest absolute Gasteiger partial charge is 0.126 e. The van der Waals surface area contributed by atoms with Gasteiger partial charge in [0.2, 0.25) is 0 Å². The monoisotopic (exact) mass is 304 g/mol. The van der Waals surface area contributed by atoms with Gasteiger partial charge in [0.15, 0.2) is 0 Å². The summed E-state index contributed by atoms with van der Waals surface area (Å²) in [6.45, 7) is 1.28. The van der Waals surface area contributed by atoms with Crippen LogP contribution in [0.5, 0.6) is 0 Å². The Morgan fingerprint density at radius 1 is 1.53 bits per heavy atom. The third-order valence-corrected chi connectivity index (χ3v) is 3.04. The van der Waals surface area contributed by atoms with Crippen molar-refractivity contribution < 1.29 is 9.50 Å². The Hall–Kier alpha value is -0.490. The van der Waals surface area contributed by atoms with Gasteiger partial charge in [-0.3, -0.25) is 0 Å². The average molecular weight is 305 g/mol. The lowest BCUT2D eigenvalue weighted by molar-refractivity contribution is 0.222. The topological polar surface area (TPSA) is 49.5 Å². The van der Waals surface area contributed by atoms with Crippen molar-refractivity contribution in [3.8, 4) is 0 Å². The summed E-state index contributed by atoms with van der Waals surface area (Å²) < 4.78 is 14.3. The molecule has 0 aliphatic rings. The normalized spacial score (nSPS) is 13.1. The Bertz CT molecular complexity index is 362. The van der Waals surface area contributed by atoms with Crippen LogP contribution >= 0.6 is 15.9 Å². The van der Waals surface area contributed by atoms with Crippen LogP contribution in [0, 0.1) is 5.82 Å². The molecule has 0 radical (unpaired) electrons. The molecule has 1 aromatic rings. The van der Waals surface area contributed by atoms with Crippen molar-refractivity contribution in [3.05, 3.63) is 34.1 Å². The van der Waals surface area contributed by atoms with E-state index >= 15 is 0 Å². The molecule has 17 heavy (non-hydrogen) atoms. The molecule has 1 unspecified atom stereocenters. The molecule has 0 saturated heterocycles. The van der Waals surface area contributed by atoms with Crippen molar-refractivity contribution >= 4 is 15.9 Å². The van der Waals surface area contributed by atoms with E-state index in [9.17, 15) is 4.39 Å². The lowest BCUT2D eigenvalue weighted by atomic mass is 10.1. The summed E-state index contributed by atoms with van der Waals surface area (Å²) >= 11 is 3.32. The molecule has 0 fully saturated rings. The maximum absolute atomic E-state index is 13.4. The van der Waals surface area contributed by atoms with Gasteiger partial charge >= 0.3 is 0 Å². The van der Waals surface area contributed by atoms with Crippen molar-refractivity contribution in [3.63, 3.8) is 0 Å². The largest absolute Gasteiger partial charge is 0.395 e. The predicted octanol–water partition coefficient (Wildman–Crippen LogP) is 1.38. The quantitative estimate of drug-likeness (QED) is 0.835. The van der Waals surface area contributed by atoms with Gasteiger partial charge in [-0.05, 0) is 37.2 Å². The SMILES string of the molecule is CN(CCc1cc(Br)ccc1F)CC(N)CO. The fourth-order valence-corrected chi connectivity index (χ4v) is 2.00. The van der Waals surface area contributed by atoms with Crippen LogP contribution in [-0.2, 0) is 6.42 Å². The number of aliphatic hydroxyl groups is 1. The highest BCUT2D eigenvalue weighted by Crippen LogP contribution is 2.16. The first-order chi connectivity index (χ1) is 8.02. The van der Waals surface area contributed by atoms with Crippen molar-refractivity contribution in [1.29, 1.82) is 0 Å². The van der Waals surface area contributed by atoms with E-state index in [1.54, 1.807) is 12.1 Å². The number of nitrogens with two attached hydrogens (primary N) is 1. The van der Waals surface area contributed by atoms with Gasteiger partial charge in [-0.2, -0.15) is 0 Å². The van der Waals surface area contributed by atoms with E-state index in [0.29, 0.717) is 25.1 Å². The van der Waals surface area contributed by atoms with Gasteiger partial charge in [-0.1, -0.05) is 15.9 Å². The summed E-state index contributed by atoms with van der Waals surface area (Å²) in [5.41, 5.74) is 6.31. The molecule has 1 atom stereocenters. The van der Waals surface area contributed by atoms with Crippen LogP contribution in [0.15, 0.2) is 22.7 Å². The lowest BCUT2D eigenvalue weighted by Gasteiger charge is -2.20. The number of hydrogen-bond acceptors (Lipinski definition) is 3. The van der Waals surface area contributed by atoms with Crippen molar-refractivity contribution in [2.75, 3.05) is 26.7 Å². The van der Waals surface area contributed by atoms with Crippen LogP contribution in [0.1, 0.15) is 5.56 Å². The Morgan fingerprint density at radius 2 is 2.24 bits per heavy atom. The molecule has 0 spiro atoms. The molecule has 3 N–H and O–H groups in total. The first-order valence-corrected chi connectivity index (χ1v) is 6.31. The van der Waals surface area contributed by atoms with Crippen molar-refractivity contribution in [1.82, 2.24) is 4.90 Å². The molecule has 0 saturated carbocycles. The second kappa shape index (κ2) is 7.06. The fraction of sp³-hybridized carbons (Fsp3) is 0.500. The summed E-state index contributed by atoms with van der Waals surface area (Å²) in [6, 6.07) is 4.69. The van der Waals surface area contributed by atoms with Gasteiger partial charge in [0.1, 0.15) is 5.82 Å². The molecule has 0 aromatic heterocycles. The highest BCUT2D eigenvalue weighted by atomic mass is 79.9. The summed E-state index contributed by atoms with van der Waals surface area (Å²) in [6.07, 6.45) is 0.625. The second-order valence-electron chi connectivity index (χ2n) is 4.19. The third-order valence-electron chi connectivity index (χ3n) is 2.55. The minimum absolute atomic E-state index is 0.0322. The highest BCUT2D eigenvalue weighted by Gasteiger charge is 2.08. The zero-order valence-electron chi connectivity index (χ0n) is 9.87. The molecule has 3 nitrogen and oxygen atoms in total. The predicted molar refractivity (Wildman–Crippen MR) is 70.4 cm³/mol. The maximum atomic E-state index is 13.4. The van der Waals surface area contributed by atoms with Gasteiger partial charge in [0, 0.05) is 23.6 Å². The molecular formula is C12H18BrFN2O. The standard InChI is InChI=1S/C12H18BrFN2O/c1-16(7-11(15)8-17)5-4-9-6-10(13)2-3-12(9)14/h2-3,6,11,17H,4-5,7-8,15H2,1H3. The van der Waals surface area contributed by atoms with E-state index in [1.165, 1.54) is 6.07 Å². The van der Waals surface area contributed by atoms with Gasteiger partial charge in [-0.25, -0.2) is 4.39 Å². The minimum Gasteiger partial charge on any atom is -0.395 e. The molecule has 1 aromatic carbocycles. The zero-order chi connectivity index (χ0) is 12.8. The fourth-order valence-electron chi connectivity index (χ4n) is 1.60. The first-order valence-electron chi connectivity index (χ1n) is 5.52. The molecule has 0 heterocycles. The molecule has 0 aliphatic heterocycles. The number of halogens is 2. The molecular weight excluding hydrogens is 287 g/mol. The number of nitrogens with zero attached hydrogens (tertiary/aromatic N) is 1. The Kier molecular flexibility index (Phi) is 6.05. The molecule has 5 heteroatoms. The maximum Gasteiger partial charge on any atom is 0.126 e. The zero-order valence-corrected chi connectivity index (χ0v) is 11.5. The Balaban J connectivity index is 2.47. The summed E-state index contributed by atoms with van der Waals surface area (Å²) in [5, 5.41) is 8.83. The van der Waals surface area contributed by atoms with Crippen LogP contribution in [0.25, 0.3) is 0 Å². The van der Waals surface area contributed by atoms with E-state index < -0.39 is 0 Å². The highest BCUT2D eigenvalue weighted by molar-refractivity contribution is 9.10. The summed E-state index contributed by atoms with van der Waals surface area (Å²) in [4.78, 5) is 1.99. The van der Waals surface area contributed by atoms with E-state index in [4.69, 9.17) is 10.8 Å². The summed E-state index contributed by atoms with van der Waals surface area (Å²) in [7, 11) is 1.91. The summed E-state index contributed by atoms with van der Waals surface area (Å²) in [5.74, 6) is -0.187. The van der Waals surface area contributed by atoms with Gasteiger partial charge in [0.25, 0.3) is 0 Å². The number of aliphatic hydroxyl groups excluding tert-OH is 1. The van der Waals surface area contributed by atoms with Crippen LogP contribution in [0.2, 0.25) is 0 Å². The van der Waals surface area contributed by atoms with Crippen LogP contribution in [-0.4, -0.2) is 42.8 Å². The first kappa shape index (κ1) is 14.6. The van der Waals surface area contributed by atoms with E-state index in [1.807, 2.05) is 11.9 Å².